The summed E-state index contributed by atoms with van der Waals surface area (Å²) in [6.07, 6.45) is 0. The summed E-state index contributed by atoms with van der Waals surface area (Å²) in [4.78, 5) is 28.6. The minimum absolute atomic E-state index is 0.179. The average molecular weight is 395 g/mol. The van der Waals surface area contributed by atoms with Crippen LogP contribution in [0.15, 0.2) is 64.5 Å². The summed E-state index contributed by atoms with van der Waals surface area (Å²) in [7, 11) is 0. The van der Waals surface area contributed by atoms with Crippen molar-refractivity contribution in [3.8, 4) is 5.69 Å². The van der Waals surface area contributed by atoms with Crippen LogP contribution in [0.3, 0.4) is 0 Å². The predicted octanol–water partition coefficient (Wildman–Crippen LogP) is 3.55. The summed E-state index contributed by atoms with van der Waals surface area (Å²) in [6, 6.07) is 16.6. The first-order valence-corrected chi connectivity index (χ1v) is 9.72. The van der Waals surface area contributed by atoms with E-state index >= 15 is 0 Å². The standard InChI is InChI=1S/C21H22N4O2S/c1-13-7-9-16(10-8-13)23-20(27)15(3)28-21-24-19(26)12-18(22)25(21)17-6-4-5-14(2)11-17/h4-12,15H,22H2,1-3H3,(H,23,27)/t15-/m0/s1. The lowest BCUT2D eigenvalue weighted by Crippen LogP contribution is -2.24. The Bertz CT molecular complexity index is 1060. The molecule has 0 bridgehead atoms. The monoisotopic (exact) mass is 394 g/mol. The van der Waals surface area contributed by atoms with E-state index in [2.05, 4.69) is 10.3 Å². The molecular formula is C21H22N4O2S. The first-order valence-electron chi connectivity index (χ1n) is 8.84. The number of anilines is 2. The normalized spacial score (nSPS) is 11.8. The summed E-state index contributed by atoms with van der Waals surface area (Å²) in [5.74, 6) is 0.0977. The number of hydrogen-bond donors (Lipinski definition) is 2. The molecule has 0 aliphatic rings. The molecule has 0 aliphatic carbocycles. The van der Waals surface area contributed by atoms with Gasteiger partial charge in [0.05, 0.1) is 5.25 Å². The third-order valence-electron chi connectivity index (χ3n) is 4.16. The fraction of sp³-hybridized carbons (Fsp3) is 0.190. The summed E-state index contributed by atoms with van der Waals surface area (Å²) in [5, 5.41) is 2.78. The van der Waals surface area contributed by atoms with Crippen LogP contribution in [0, 0.1) is 13.8 Å². The minimum atomic E-state index is -0.480. The van der Waals surface area contributed by atoms with E-state index in [1.807, 2.05) is 62.4 Å². The number of hydrogen-bond acceptors (Lipinski definition) is 5. The van der Waals surface area contributed by atoms with Crippen LogP contribution in [0.2, 0.25) is 0 Å². The van der Waals surface area contributed by atoms with Crippen LogP contribution in [0.4, 0.5) is 11.5 Å². The van der Waals surface area contributed by atoms with E-state index in [9.17, 15) is 9.59 Å². The fourth-order valence-electron chi connectivity index (χ4n) is 2.68. The highest BCUT2D eigenvalue weighted by Gasteiger charge is 2.19. The maximum Gasteiger partial charge on any atom is 0.275 e. The molecule has 6 nitrogen and oxygen atoms in total. The Hall–Kier alpha value is -3.06. The van der Waals surface area contributed by atoms with Gasteiger partial charge in [-0.2, -0.15) is 4.98 Å². The quantitative estimate of drug-likeness (QED) is 0.510. The summed E-state index contributed by atoms with van der Waals surface area (Å²) in [5.41, 5.74) is 9.35. The Morgan fingerprint density at radius 2 is 1.82 bits per heavy atom. The van der Waals surface area contributed by atoms with Crippen LogP contribution in [-0.4, -0.2) is 20.7 Å². The van der Waals surface area contributed by atoms with E-state index in [-0.39, 0.29) is 11.7 Å². The number of amides is 1. The largest absolute Gasteiger partial charge is 0.385 e. The molecule has 28 heavy (non-hydrogen) atoms. The van der Waals surface area contributed by atoms with Crippen LogP contribution < -0.4 is 16.6 Å². The Morgan fingerprint density at radius 1 is 1.11 bits per heavy atom. The van der Waals surface area contributed by atoms with Gasteiger partial charge < -0.3 is 11.1 Å². The molecule has 1 aromatic heterocycles. The number of carbonyl (C=O) groups excluding carboxylic acids is 1. The van der Waals surface area contributed by atoms with Gasteiger partial charge in [0.25, 0.3) is 5.56 Å². The Kier molecular flexibility index (Phi) is 5.84. The van der Waals surface area contributed by atoms with E-state index < -0.39 is 10.8 Å². The lowest BCUT2D eigenvalue weighted by molar-refractivity contribution is -0.115. The van der Waals surface area contributed by atoms with E-state index in [4.69, 9.17) is 5.73 Å². The highest BCUT2D eigenvalue weighted by molar-refractivity contribution is 8.00. The number of aromatic nitrogens is 2. The van der Waals surface area contributed by atoms with Gasteiger partial charge in [-0.25, -0.2) is 0 Å². The number of aryl methyl sites for hydroxylation is 2. The van der Waals surface area contributed by atoms with Gasteiger partial charge in [0, 0.05) is 17.4 Å². The van der Waals surface area contributed by atoms with Gasteiger partial charge >= 0.3 is 0 Å². The molecule has 0 unspecified atom stereocenters. The molecule has 144 valence electrons. The molecule has 0 saturated heterocycles. The first kappa shape index (κ1) is 19.7. The summed E-state index contributed by atoms with van der Waals surface area (Å²) >= 11 is 1.19. The van der Waals surface area contributed by atoms with Crippen molar-refractivity contribution in [2.75, 3.05) is 11.1 Å². The van der Waals surface area contributed by atoms with Crippen LogP contribution in [0.5, 0.6) is 0 Å². The third kappa shape index (κ3) is 4.61. The Balaban J connectivity index is 1.87. The molecule has 0 spiro atoms. The second kappa shape index (κ2) is 8.31. The van der Waals surface area contributed by atoms with Crippen LogP contribution in [0.25, 0.3) is 5.69 Å². The molecule has 3 rings (SSSR count). The number of nitrogens with two attached hydrogens (primary N) is 1. The zero-order chi connectivity index (χ0) is 20.3. The molecule has 0 radical (unpaired) electrons. The van der Waals surface area contributed by atoms with Crippen LogP contribution in [-0.2, 0) is 4.79 Å². The van der Waals surface area contributed by atoms with Gasteiger partial charge in [-0.05, 0) is 50.6 Å². The zero-order valence-electron chi connectivity index (χ0n) is 16.0. The van der Waals surface area contributed by atoms with Crippen molar-refractivity contribution >= 4 is 29.2 Å². The number of nitrogens with one attached hydrogen (secondary N) is 1. The van der Waals surface area contributed by atoms with Gasteiger partial charge in [-0.15, -0.1) is 0 Å². The maximum atomic E-state index is 12.6. The molecular weight excluding hydrogens is 372 g/mol. The lowest BCUT2D eigenvalue weighted by Gasteiger charge is -2.18. The second-order valence-corrected chi connectivity index (χ2v) is 7.90. The average Bonchev–Trinajstić information content (AvgIpc) is 2.63. The minimum Gasteiger partial charge on any atom is -0.385 e. The van der Waals surface area contributed by atoms with Crippen molar-refractivity contribution in [2.24, 2.45) is 0 Å². The molecule has 7 heteroatoms. The molecule has 0 aliphatic heterocycles. The second-order valence-electron chi connectivity index (χ2n) is 6.59. The number of nitrogen functional groups attached to an aromatic ring is 1. The number of carbonyl (C=O) groups is 1. The number of rotatable bonds is 5. The molecule has 0 saturated carbocycles. The van der Waals surface area contributed by atoms with Crippen molar-refractivity contribution in [1.29, 1.82) is 0 Å². The van der Waals surface area contributed by atoms with Crippen molar-refractivity contribution in [1.82, 2.24) is 9.55 Å². The molecule has 0 fully saturated rings. The Morgan fingerprint density at radius 3 is 2.50 bits per heavy atom. The molecule has 2 aromatic carbocycles. The molecule has 1 atom stereocenters. The SMILES string of the molecule is Cc1ccc(NC(=O)[C@H](C)Sc2nc(=O)cc(N)n2-c2cccc(C)c2)cc1. The van der Waals surface area contributed by atoms with Gasteiger partial charge in [0.2, 0.25) is 5.91 Å². The number of thioether (sulfide) groups is 1. The van der Waals surface area contributed by atoms with Crippen LogP contribution >= 0.6 is 11.8 Å². The van der Waals surface area contributed by atoms with Gasteiger partial charge in [0.15, 0.2) is 5.16 Å². The molecule has 3 aromatic rings. The predicted molar refractivity (Wildman–Crippen MR) is 114 cm³/mol. The van der Waals surface area contributed by atoms with Crippen LogP contribution in [0.1, 0.15) is 18.1 Å². The van der Waals surface area contributed by atoms with Gasteiger partial charge in [-0.3, -0.25) is 14.2 Å². The highest BCUT2D eigenvalue weighted by atomic mass is 32.2. The summed E-state index contributed by atoms with van der Waals surface area (Å²) in [6.45, 7) is 5.73. The van der Waals surface area contributed by atoms with Crippen molar-refractivity contribution in [2.45, 2.75) is 31.2 Å². The fourth-order valence-corrected chi connectivity index (χ4v) is 3.62. The molecule has 1 amide bonds. The Labute approximate surface area is 167 Å². The zero-order valence-corrected chi connectivity index (χ0v) is 16.8. The van der Waals surface area contributed by atoms with Gasteiger partial charge in [0.1, 0.15) is 5.82 Å². The van der Waals surface area contributed by atoms with E-state index in [0.29, 0.717) is 5.16 Å². The molecule has 3 N–H and O–H groups in total. The lowest BCUT2D eigenvalue weighted by atomic mass is 10.2. The smallest absolute Gasteiger partial charge is 0.275 e. The van der Waals surface area contributed by atoms with Gasteiger partial charge in [-0.1, -0.05) is 41.6 Å². The highest BCUT2D eigenvalue weighted by Crippen LogP contribution is 2.27. The van der Waals surface area contributed by atoms with Crippen molar-refractivity contribution < 1.29 is 4.79 Å². The van der Waals surface area contributed by atoms with Crippen molar-refractivity contribution in [3.63, 3.8) is 0 Å². The number of benzene rings is 2. The topological polar surface area (TPSA) is 90.0 Å². The molecule has 1 heterocycles. The summed E-state index contributed by atoms with van der Waals surface area (Å²) < 4.78 is 1.69. The van der Waals surface area contributed by atoms with E-state index in [1.165, 1.54) is 17.8 Å². The number of nitrogens with zero attached hydrogens (tertiary/aromatic N) is 2. The third-order valence-corrected chi connectivity index (χ3v) is 5.21. The van der Waals surface area contributed by atoms with E-state index in [0.717, 1.165) is 22.5 Å². The van der Waals surface area contributed by atoms with E-state index in [1.54, 1.807) is 11.5 Å². The maximum absolute atomic E-state index is 12.6. The first-order chi connectivity index (χ1) is 13.3. The van der Waals surface area contributed by atoms with Crippen molar-refractivity contribution in [3.05, 3.63) is 76.1 Å².